The summed E-state index contributed by atoms with van der Waals surface area (Å²) >= 11 is 1.20. The van der Waals surface area contributed by atoms with Gasteiger partial charge in [-0.05, 0) is 57.0 Å². The van der Waals surface area contributed by atoms with Gasteiger partial charge in [0.1, 0.15) is 11.4 Å². The minimum Gasteiger partial charge on any atom is -0.338 e. The molecule has 5 nitrogen and oxygen atoms in total. The van der Waals surface area contributed by atoms with Crippen molar-refractivity contribution in [1.29, 1.82) is 0 Å². The fourth-order valence-electron chi connectivity index (χ4n) is 4.14. The lowest BCUT2D eigenvalue weighted by molar-refractivity contribution is -0.143. The summed E-state index contributed by atoms with van der Waals surface area (Å²) in [7, 11) is 1.27. The van der Waals surface area contributed by atoms with Crippen LogP contribution in [0.25, 0.3) is 10.6 Å². The number of aryl methyl sites for hydroxylation is 1. The van der Waals surface area contributed by atoms with Gasteiger partial charge < -0.3 is 9.80 Å². The predicted molar refractivity (Wildman–Crippen MR) is 101 cm³/mol. The van der Waals surface area contributed by atoms with Crippen molar-refractivity contribution >= 4 is 17.2 Å². The van der Waals surface area contributed by atoms with Crippen LogP contribution in [0.2, 0.25) is 0 Å². The zero-order chi connectivity index (χ0) is 19.9. The van der Waals surface area contributed by atoms with Crippen molar-refractivity contribution in [3.05, 3.63) is 28.8 Å². The van der Waals surface area contributed by atoms with Crippen LogP contribution in [0.5, 0.6) is 0 Å². The van der Waals surface area contributed by atoms with Crippen LogP contribution in [0.4, 0.5) is 13.2 Å². The zero-order valence-corrected chi connectivity index (χ0v) is 16.5. The highest BCUT2D eigenvalue weighted by Crippen LogP contribution is 2.34. The van der Waals surface area contributed by atoms with Crippen LogP contribution < -0.4 is 0 Å². The molecule has 2 aliphatic heterocycles. The lowest BCUT2D eigenvalue weighted by Gasteiger charge is -2.36. The molecular formula is C19H23F3N4OS. The smallest absolute Gasteiger partial charge is 0.338 e. The van der Waals surface area contributed by atoms with Gasteiger partial charge in [0.15, 0.2) is 0 Å². The number of hydrogen-bond donors (Lipinski definition) is 0. The average Bonchev–Trinajstić information content (AvgIpc) is 3.40. The van der Waals surface area contributed by atoms with Gasteiger partial charge in [-0.2, -0.15) is 18.3 Å². The van der Waals surface area contributed by atoms with Crippen molar-refractivity contribution in [1.82, 2.24) is 19.6 Å². The Kier molecular flexibility index (Phi) is 5.22. The second-order valence-electron chi connectivity index (χ2n) is 7.47. The molecule has 28 heavy (non-hydrogen) atoms. The Morgan fingerprint density at radius 3 is 2.43 bits per heavy atom. The SMILES string of the molecule is Cn1nc(-c2ccc(C(=O)N3CCC(N4CCCC4)CC3)s2)cc1C(F)(F)F. The maximum absolute atomic E-state index is 13.0. The number of halogens is 3. The Morgan fingerprint density at radius 1 is 1.14 bits per heavy atom. The molecule has 0 atom stereocenters. The normalized spacial score (nSPS) is 19.5. The maximum Gasteiger partial charge on any atom is 0.433 e. The molecule has 0 saturated carbocycles. The number of carbonyl (C=O) groups excluding carboxylic acids is 1. The number of rotatable bonds is 3. The molecule has 4 rings (SSSR count). The molecule has 2 aromatic heterocycles. The molecular weight excluding hydrogens is 389 g/mol. The Morgan fingerprint density at radius 2 is 1.82 bits per heavy atom. The average molecular weight is 412 g/mol. The van der Waals surface area contributed by atoms with E-state index in [0.717, 1.165) is 49.8 Å². The molecule has 0 aliphatic carbocycles. The third kappa shape index (κ3) is 3.82. The first kappa shape index (κ1) is 19.4. The Labute approximate surface area is 165 Å². The molecule has 0 N–H and O–H groups in total. The third-order valence-electron chi connectivity index (χ3n) is 5.65. The van der Waals surface area contributed by atoms with Gasteiger partial charge in [0.05, 0.1) is 9.75 Å². The number of nitrogens with zero attached hydrogens (tertiary/aromatic N) is 4. The van der Waals surface area contributed by atoms with E-state index in [1.165, 1.54) is 31.2 Å². The third-order valence-corrected chi connectivity index (χ3v) is 6.74. The largest absolute Gasteiger partial charge is 0.433 e. The minimum atomic E-state index is -4.45. The standard InChI is InChI=1S/C19H23F3N4OS/c1-24-17(19(20,21)22)12-14(23-24)15-4-5-16(28-15)18(27)26-10-6-13(7-11-26)25-8-2-3-9-25/h4-5,12-13H,2-3,6-11H2,1H3. The van der Waals surface area contributed by atoms with E-state index in [4.69, 9.17) is 0 Å². The Balaban J connectivity index is 1.42. The summed E-state index contributed by atoms with van der Waals surface area (Å²) in [6.07, 6.45) is 0.0509. The first-order chi connectivity index (χ1) is 13.3. The van der Waals surface area contributed by atoms with Crippen molar-refractivity contribution in [3.63, 3.8) is 0 Å². The highest BCUT2D eigenvalue weighted by Gasteiger charge is 2.35. The van der Waals surface area contributed by atoms with Crippen molar-refractivity contribution in [3.8, 4) is 10.6 Å². The van der Waals surface area contributed by atoms with E-state index in [1.54, 1.807) is 12.1 Å². The van der Waals surface area contributed by atoms with Gasteiger partial charge >= 0.3 is 6.18 Å². The second kappa shape index (κ2) is 7.51. The quantitative estimate of drug-likeness (QED) is 0.769. The molecule has 0 bridgehead atoms. The monoisotopic (exact) mass is 412 g/mol. The number of alkyl halides is 3. The molecule has 152 valence electrons. The topological polar surface area (TPSA) is 41.4 Å². The van der Waals surface area contributed by atoms with Crippen LogP contribution >= 0.6 is 11.3 Å². The van der Waals surface area contributed by atoms with Crippen LogP contribution in [0.1, 0.15) is 41.0 Å². The van der Waals surface area contributed by atoms with E-state index in [1.807, 2.05) is 4.90 Å². The number of hydrogen-bond acceptors (Lipinski definition) is 4. The highest BCUT2D eigenvalue weighted by molar-refractivity contribution is 7.17. The fraction of sp³-hybridized carbons (Fsp3) is 0.579. The van der Waals surface area contributed by atoms with Crippen molar-refractivity contribution in [2.45, 2.75) is 37.9 Å². The van der Waals surface area contributed by atoms with Crippen molar-refractivity contribution < 1.29 is 18.0 Å². The Hall–Kier alpha value is -1.87. The molecule has 2 aromatic rings. The van der Waals surface area contributed by atoms with Crippen LogP contribution in [0, 0.1) is 0 Å². The zero-order valence-electron chi connectivity index (χ0n) is 15.7. The van der Waals surface area contributed by atoms with E-state index < -0.39 is 11.9 Å². The number of thiophene rings is 1. The lowest BCUT2D eigenvalue weighted by Crippen LogP contribution is -2.45. The molecule has 0 unspecified atom stereocenters. The molecule has 1 amide bonds. The summed E-state index contributed by atoms with van der Waals surface area (Å²) in [4.78, 5) is 18.3. The number of carbonyl (C=O) groups is 1. The van der Waals surface area contributed by atoms with Crippen LogP contribution in [-0.2, 0) is 13.2 Å². The Bertz CT molecular complexity index is 846. The fourth-order valence-corrected chi connectivity index (χ4v) is 5.07. The summed E-state index contributed by atoms with van der Waals surface area (Å²) < 4.78 is 39.8. The van der Waals surface area contributed by atoms with Gasteiger partial charge in [-0.3, -0.25) is 9.48 Å². The van der Waals surface area contributed by atoms with E-state index in [9.17, 15) is 18.0 Å². The summed E-state index contributed by atoms with van der Waals surface area (Å²) in [5.41, 5.74) is -0.556. The minimum absolute atomic E-state index is 0.0388. The number of likely N-dealkylation sites (tertiary alicyclic amines) is 2. The van der Waals surface area contributed by atoms with Gasteiger partial charge in [-0.25, -0.2) is 0 Å². The highest BCUT2D eigenvalue weighted by atomic mass is 32.1. The molecule has 9 heteroatoms. The lowest BCUT2D eigenvalue weighted by atomic mass is 10.0. The molecule has 0 aromatic carbocycles. The van der Waals surface area contributed by atoms with Gasteiger partial charge in [-0.1, -0.05) is 0 Å². The van der Waals surface area contributed by atoms with E-state index in [0.29, 0.717) is 15.8 Å². The van der Waals surface area contributed by atoms with Gasteiger partial charge in [0.2, 0.25) is 0 Å². The number of amides is 1. The first-order valence-corrected chi connectivity index (χ1v) is 10.4. The van der Waals surface area contributed by atoms with Gasteiger partial charge in [0.25, 0.3) is 5.91 Å². The van der Waals surface area contributed by atoms with E-state index in [-0.39, 0.29) is 11.6 Å². The first-order valence-electron chi connectivity index (χ1n) is 9.57. The second-order valence-corrected chi connectivity index (χ2v) is 8.55. The molecule has 2 aliphatic rings. The molecule has 2 saturated heterocycles. The summed E-state index contributed by atoms with van der Waals surface area (Å²) in [6.45, 7) is 3.79. The van der Waals surface area contributed by atoms with Gasteiger partial charge in [-0.15, -0.1) is 11.3 Å². The van der Waals surface area contributed by atoms with E-state index in [2.05, 4.69) is 10.00 Å². The molecule has 4 heterocycles. The predicted octanol–water partition coefficient (Wildman–Crippen LogP) is 3.87. The summed E-state index contributed by atoms with van der Waals surface area (Å²) in [6, 6.07) is 4.97. The number of aromatic nitrogens is 2. The molecule has 0 spiro atoms. The van der Waals surface area contributed by atoms with Crippen LogP contribution in [-0.4, -0.2) is 57.7 Å². The van der Waals surface area contributed by atoms with Crippen LogP contribution in [0.15, 0.2) is 18.2 Å². The van der Waals surface area contributed by atoms with Crippen molar-refractivity contribution in [2.75, 3.05) is 26.2 Å². The maximum atomic E-state index is 13.0. The van der Waals surface area contributed by atoms with Crippen LogP contribution in [0.3, 0.4) is 0 Å². The van der Waals surface area contributed by atoms with Crippen molar-refractivity contribution in [2.24, 2.45) is 7.05 Å². The van der Waals surface area contributed by atoms with Gasteiger partial charge in [0, 0.05) is 26.2 Å². The number of piperidine rings is 1. The summed E-state index contributed by atoms with van der Waals surface area (Å²) in [5, 5.41) is 3.96. The molecule has 2 fully saturated rings. The van der Waals surface area contributed by atoms with E-state index >= 15 is 0 Å². The molecule has 0 radical (unpaired) electrons. The summed E-state index contributed by atoms with van der Waals surface area (Å²) in [5.74, 6) is -0.0388.